The van der Waals surface area contributed by atoms with Crippen molar-refractivity contribution in [3.63, 3.8) is 0 Å². The van der Waals surface area contributed by atoms with Crippen molar-refractivity contribution in [3.8, 4) is 16.9 Å². The minimum atomic E-state index is -3.38. The van der Waals surface area contributed by atoms with Crippen LogP contribution in [0.3, 0.4) is 0 Å². The molecule has 0 aliphatic heterocycles. The summed E-state index contributed by atoms with van der Waals surface area (Å²) in [6.45, 7) is 8.27. The van der Waals surface area contributed by atoms with Crippen LogP contribution < -0.4 is 15.6 Å². The predicted molar refractivity (Wildman–Crippen MR) is 143 cm³/mol. The number of carbonyl (C=O) groups is 1. The summed E-state index contributed by atoms with van der Waals surface area (Å²) >= 11 is 0. The smallest absolute Gasteiger partial charge is 0.394 e. The molecule has 0 bridgehead atoms. The molecule has 0 unspecified atom stereocenters. The van der Waals surface area contributed by atoms with E-state index in [0.29, 0.717) is 35.4 Å². The third-order valence-electron chi connectivity index (χ3n) is 6.32. The molecule has 0 saturated carbocycles. The van der Waals surface area contributed by atoms with Gasteiger partial charge in [0.2, 0.25) is 5.91 Å². The van der Waals surface area contributed by atoms with Gasteiger partial charge in [-0.3, -0.25) is 9.59 Å². The van der Waals surface area contributed by atoms with Crippen LogP contribution in [-0.4, -0.2) is 16.6 Å². The number of nitrogens with zero attached hydrogens (tertiary/aromatic N) is 1. The maximum Gasteiger partial charge on any atom is 0.394 e. The number of anilines is 1. The molecule has 0 radical (unpaired) electrons. The van der Waals surface area contributed by atoms with Gasteiger partial charge in [0.1, 0.15) is 5.75 Å². The summed E-state index contributed by atoms with van der Waals surface area (Å²) < 4.78 is 33.5. The zero-order chi connectivity index (χ0) is 26.9. The number of pyridine rings is 1. The van der Waals surface area contributed by atoms with E-state index in [4.69, 9.17) is 4.74 Å². The SMILES string of the molecule is C=CC(=O)Nc1ccc(Cc2c(C)cccc2C)c(-c2cn(C)c(=O)c3ccc(OC(C)(F)F)cc23)c1. The molecular formula is C30H28F2N2O3. The van der Waals surface area contributed by atoms with Gasteiger partial charge < -0.3 is 14.6 Å². The molecule has 7 heteroatoms. The summed E-state index contributed by atoms with van der Waals surface area (Å²) in [6.07, 6.45) is 0.0781. The predicted octanol–water partition coefficient (Wildman–Crippen LogP) is 6.53. The second-order valence-electron chi connectivity index (χ2n) is 9.19. The number of nitrogens with one attached hydrogen (secondary N) is 1. The molecule has 0 fully saturated rings. The number of halogens is 2. The van der Waals surface area contributed by atoms with Gasteiger partial charge in [-0.2, -0.15) is 8.78 Å². The Morgan fingerprint density at radius 1 is 1.05 bits per heavy atom. The fourth-order valence-corrected chi connectivity index (χ4v) is 4.50. The molecule has 0 atom stereocenters. The number of benzene rings is 3. The average molecular weight is 503 g/mol. The van der Waals surface area contributed by atoms with Crippen LogP contribution in [0.1, 0.15) is 29.2 Å². The quantitative estimate of drug-likeness (QED) is 0.292. The Bertz CT molecular complexity index is 1560. The van der Waals surface area contributed by atoms with E-state index in [9.17, 15) is 18.4 Å². The van der Waals surface area contributed by atoms with Crippen LogP contribution >= 0.6 is 0 Å². The summed E-state index contributed by atoms with van der Waals surface area (Å²) in [5.41, 5.74) is 6.07. The number of fused-ring (bicyclic) bond motifs is 1. The topological polar surface area (TPSA) is 60.3 Å². The van der Waals surface area contributed by atoms with E-state index in [-0.39, 0.29) is 17.2 Å². The highest BCUT2D eigenvalue weighted by atomic mass is 19.3. The van der Waals surface area contributed by atoms with Crippen molar-refractivity contribution in [3.05, 3.63) is 106 Å². The number of hydrogen-bond donors (Lipinski definition) is 1. The number of aryl methyl sites for hydroxylation is 3. The fourth-order valence-electron chi connectivity index (χ4n) is 4.50. The largest absolute Gasteiger partial charge is 0.433 e. The van der Waals surface area contributed by atoms with Crippen molar-refractivity contribution < 1.29 is 18.3 Å². The highest BCUT2D eigenvalue weighted by Crippen LogP contribution is 2.36. The van der Waals surface area contributed by atoms with Crippen molar-refractivity contribution in [2.24, 2.45) is 7.05 Å². The zero-order valence-electron chi connectivity index (χ0n) is 21.2. The van der Waals surface area contributed by atoms with Crippen LogP contribution in [0.5, 0.6) is 5.75 Å². The minimum Gasteiger partial charge on any atom is -0.433 e. The summed E-state index contributed by atoms with van der Waals surface area (Å²) in [4.78, 5) is 25.0. The van der Waals surface area contributed by atoms with Crippen molar-refractivity contribution in [2.45, 2.75) is 33.3 Å². The van der Waals surface area contributed by atoms with Crippen LogP contribution in [0.25, 0.3) is 21.9 Å². The van der Waals surface area contributed by atoms with Crippen LogP contribution in [0.15, 0.2) is 78.2 Å². The lowest BCUT2D eigenvalue weighted by Gasteiger charge is -2.18. The molecule has 1 amide bonds. The van der Waals surface area contributed by atoms with Crippen LogP contribution in [-0.2, 0) is 18.3 Å². The first kappa shape index (κ1) is 25.8. The normalized spacial score (nSPS) is 11.4. The molecule has 4 rings (SSSR count). The third kappa shape index (κ3) is 5.61. The van der Waals surface area contributed by atoms with Crippen LogP contribution in [0.4, 0.5) is 14.5 Å². The first-order chi connectivity index (χ1) is 17.5. The number of amides is 1. The van der Waals surface area contributed by atoms with E-state index < -0.39 is 6.11 Å². The molecule has 1 heterocycles. The van der Waals surface area contributed by atoms with E-state index in [0.717, 1.165) is 27.8 Å². The van der Waals surface area contributed by atoms with Gasteiger partial charge >= 0.3 is 6.11 Å². The molecular weight excluding hydrogens is 474 g/mol. The Hall–Kier alpha value is -4.26. The second kappa shape index (κ2) is 10.0. The van der Waals surface area contributed by atoms with Gasteiger partial charge in [-0.25, -0.2) is 0 Å². The first-order valence-corrected chi connectivity index (χ1v) is 11.8. The second-order valence-corrected chi connectivity index (χ2v) is 9.19. The van der Waals surface area contributed by atoms with Gasteiger partial charge in [0.25, 0.3) is 5.56 Å². The summed E-state index contributed by atoms with van der Waals surface area (Å²) in [5, 5.41) is 3.62. The summed E-state index contributed by atoms with van der Waals surface area (Å²) in [6, 6.07) is 16.0. The number of aromatic nitrogens is 1. The Morgan fingerprint density at radius 2 is 1.76 bits per heavy atom. The average Bonchev–Trinajstić information content (AvgIpc) is 2.83. The van der Waals surface area contributed by atoms with E-state index in [2.05, 4.69) is 37.9 Å². The Kier molecular flexibility index (Phi) is 6.99. The molecule has 0 spiro atoms. The summed E-state index contributed by atoms with van der Waals surface area (Å²) in [7, 11) is 1.64. The number of rotatable bonds is 7. The van der Waals surface area contributed by atoms with Gasteiger partial charge in [-0.1, -0.05) is 30.8 Å². The van der Waals surface area contributed by atoms with Crippen molar-refractivity contribution in [1.29, 1.82) is 0 Å². The van der Waals surface area contributed by atoms with Crippen LogP contribution in [0.2, 0.25) is 0 Å². The molecule has 0 aliphatic carbocycles. The minimum absolute atomic E-state index is 0.0538. The molecule has 4 aromatic rings. The lowest BCUT2D eigenvalue weighted by Crippen LogP contribution is -2.20. The van der Waals surface area contributed by atoms with Gasteiger partial charge in [0.15, 0.2) is 0 Å². The van der Waals surface area contributed by atoms with E-state index in [1.807, 2.05) is 24.3 Å². The van der Waals surface area contributed by atoms with Crippen LogP contribution in [0, 0.1) is 13.8 Å². The standard InChI is InChI=1S/C30H28F2N2O3/c1-6-28(35)33-21-11-10-20(14-24-18(2)8-7-9-19(24)3)25(15-21)27-17-34(5)29(36)23-13-12-22(16-26(23)27)37-30(4,31)32/h6-13,15-17H,1,14H2,2-5H3,(H,33,35). The van der Waals surface area contributed by atoms with Crippen molar-refractivity contribution in [1.82, 2.24) is 4.57 Å². The number of hydrogen-bond acceptors (Lipinski definition) is 3. The number of carbonyl (C=O) groups excluding carboxylic acids is 1. The van der Waals surface area contributed by atoms with E-state index >= 15 is 0 Å². The lowest BCUT2D eigenvalue weighted by atomic mass is 9.89. The first-order valence-electron chi connectivity index (χ1n) is 11.8. The molecule has 190 valence electrons. The highest BCUT2D eigenvalue weighted by Gasteiger charge is 2.24. The molecule has 3 aromatic carbocycles. The molecule has 0 saturated heterocycles. The van der Waals surface area contributed by atoms with Crippen molar-refractivity contribution in [2.75, 3.05) is 5.32 Å². The van der Waals surface area contributed by atoms with E-state index in [1.54, 1.807) is 13.2 Å². The Labute approximate surface area is 214 Å². The Balaban J connectivity index is 1.99. The molecule has 0 aliphatic rings. The maximum atomic E-state index is 13.6. The molecule has 5 nitrogen and oxygen atoms in total. The molecule has 1 N–H and O–H groups in total. The molecule has 37 heavy (non-hydrogen) atoms. The zero-order valence-corrected chi connectivity index (χ0v) is 21.2. The van der Waals surface area contributed by atoms with E-state index in [1.165, 1.54) is 28.8 Å². The Morgan fingerprint density at radius 3 is 2.41 bits per heavy atom. The fraction of sp³-hybridized carbons (Fsp3) is 0.200. The van der Waals surface area contributed by atoms with Gasteiger partial charge in [0.05, 0.1) is 0 Å². The lowest BCUT2D eigenvalue weighted by molar-refractivity contribution is -0.158. The van der Waals surface area contributed by atoms with Gasteiger partial charge in [0, 0.05) is 42.2 Å². The van der Waals surface area contributed by atoms with Gasteiger partial charge in [-0.15, -0.1) is 0 Å². The van der Waals surface area contributed by atoms with Gasteiger partial charge in [-0.05, 0) is 84.5 Å². The van der Waals surface area contributed by atoms with Crippen molar-refractivity contribution >= 4 is 22.4 Å². The number of alkyl halides is 2. The monoisotopic (exact) mass is 502 g/mol. The maximum absolute atomic E-state index is 13.6. The summed E-state index contributed by atoms with van der Waals surface area (Å²) in [5.74, 6) is -0.415. The molecule has 1 aromatic heterocycles. The highest BCUT2D eigenvalue weighted by molar-refractivity contribution is 6.01. The third-order valence-corrected chi connectivity index (χ3v) is 6.32. The number of ether oxygens (including phenoxy) is 1.